The van der Waals surface area contributed by atoms with Gasteiger partial charge in [0.1, 0.15) is 16.8 Å². The van der Waals surface area contributed by atoms with E-state index < -0.39 is 0 Å². The first kappa shape index (κ1) is 12.0. The van der Waals surface area contributed by atoms with Crippen LogP contribution >= 0.6 is 11.6 Å². The van der Waals surface area contributed by atoms with E-state index in [4.69, 9.17) is 11.6 Å². The predicted molar refractivity (Wildman–Crippen MR) is 64.3 cm³/mol. The molecule has 4 heteroatoms. The molecule has 0 aliphatic rings. The summed E-state index contributed by atoms with van der Waals surface area (Å²) in [5.41, 5.74) is 0. The largest absolute Gasteiger partial charge is 0.367 e. The Morgan fingerprint density at radius 3 is 2.93 bits per heavy atom. The quantitative estimate of drug-likeness (QED) is 0.618. The van der Waals surface area contributed by atoms with Gasteiger partial charge in [0, 0.05) is 18.5 Å². The zero-order valence-corrected chi connectivity index (χ0v) is 9.88. The van der Waals surface area contributed by atoms with Gasteiger partial charge >= 0.3 is 0 Å². The van der Waals surface area contributed by atoms with Crippen molar-refractivity contribution in [1.82, 2.24) is 9.97 Å². The highest BCUT2D eigenvalue weighted by molar-refractivity contribution is 6.29. The van der Waals surface area contributed by atoms with Crippen LogP contribution < -0.4 is 5.32 Å². The lowest BCUT2D eigenvalue weighted by atomic mass is 10.2. The molecule has 0 aliphatic carbocycles. The Labute approximate surface area is 95.6 Å². The van der Waals surface area contributed by atoms with Crippen molar-refractivity contribution in [3.63, 3.8) is 0 Å². The molecule has 0 aliphatic heterocycles. The Balaban J connectivity index is 2.75. The molecule has 3 nitrogen and oxygen atoms in total. The van der Waals surface area contributed by atoms with Gasteiger partial charge in [-0.2, -0.15) is 0 Å². The molecular weight excluding hydrogens is 210 g/mol. The highest BCUT2D eigenvalue weighted by atomic mass is 35.5. The molecule has 1 heterocycles. The number of nitrogens with zero attached hydrogens (tertiary/aromatic N) is 2. The number of rotatable bonds is 5. The maximum Gasteiger partial charge on any atom is 0.134 e. The van der Waals surface area contributed by atoms with Crippen molar-refractivity contribution < 1.29 is 0 Å². The van der Waals surface area contributed by atoms with E-state index in [0.29, 0.717) is 11.2 Å². The Morgan fingerprint density at radius 2 is 2.33 bits per heavy atom. The SMILES string of the molecule is C=CCC(C)Nc1cc(Cl)nc(CC)n1. The van der Waals surface area contributed by atoms with Crippen molar-refractivity contribution in [2.45, 2.75) is 32.7 Å². The van der Waals surface area contributed by atoms with E-state index in [-0.39, 0.29) is 0 Å². The lowest BCUT2D eigenvalue weighted by Gasteiger charge is -2.12. The van der Waals surface area contributed by atoms with Gasteiger partial charge < -0.3 is 5.32 Å². The van der Waals surface area contributed by atoms with Crippen LogP contribution in [0.1, 0.15) is 26.1 Å². The predicted octanol–water partition coefficient (Wildman–Crippen LogP) is 3.07. The molecule has 1 rings (SSSR count). The molecule has 15 heavy (non-hydrogen) atoms. The average molecular weight is 226 g/mol. The van der Waals surface area contributed by atoms with E-state index in [2.05, 4.69) is 28.8 Å². The fraction of sp³-hybridized carbons (Fsp3) is 0.455. The molecule has 0 radical (unpaired) electrons. The van der Waals surface area contributed by atoms with Crippen molar-refractivity contribution in [2.75, 3.05) is 5.32 Å². The Kier molecular flexibility index (Phi) is 4.56. The number of hydrogen-bond donors (Lipinski definition) is 1. The summed E-state index contributed by atoms with van der Waals surface area (Å²) in [6.45, 7) is 7.77. The molecule has 1 N–H and O–H groups in total. The Morgan fingerprint density at radius 1 is 1.60 bits per heavy atom. The smallest absolute Gasteiger partial charge is 0.134 e. The fourth-order valence-electron chi connectivity index (χ4n) is 1.26. The molecule has 82 valence electrons. The zero-order valence-electron chi connectivity index (χ0n) is 9.13. The highest BCUT2D eigenvalue weighted by Gasteiger charge is 2.04. The van der Waals surface area contributed by atoms with Gasteiger partial charge in [-0.1, -0.05) is 24.6 Å². The van der Waals surface area contributed by atoms with Crippen LogP contribution in [0.2, 0.25) is 5.15 Å². The second kappa shape index (κ2) is 5.71. The molecule has 1 aromatic rings. The first-order valence-corrected chi connectivity index (χ1v) is 5.44. The van der Waals surface area contributed by atoms with Crippen LogP contribution in [0.4, 0.5) is 5.82 Å². The molecule has 1 atom stereocenters. The van der Waals surface area contributed by atoms with Gasteiger partial charge in [-0.3, -0.25) is 0 Å². The molecule has 1 unspecified atom stereocenters. The summed E-state index contributed by atoms with van der Waals surface area (Å²) in [7, 11) is 0. The molecule has 1 aromatic heterocycles. The molecule has 0 spiro atoms. The third kappa shape index (κ3) is 3.88. The lowest BCUT2D eigenvalue weighted by molar-refractivity contribution is 0.800. The molecule has 0 saturated heterocycles. The summed E-state index contributed by atoms with van der Waals surface area (Å²) in [5.74, 6) is 1.54. The van der Waals surface area contributed by atoms with E-state index >= 15 is 0 Å². The van der Waals surface area contributed by atoms with Gasteiger partial charge in [0.05, 0.1) is 0 Å². The average Bonchev–Trinajstić information content (AvgIpc) is 2.17. The summed E-state index contributed by atoms with van der Waals surface area (Å²) in [4.78, 5) is 8.43. The normalized spacial score (nSPS) is 12.2. The summed E-state index contributed by atoms with van der Waals surface area (Å²) < 4.78 is 0. The van der Waals surface area contributed by atoms with Gasteiger partial charge in [0.2, 0.25) is 0 Å². The number of nitrogens with one attached hydrogen (secondary N) is 1. The van der Waals surface area contributed by atoms with E-state index in [1.165, 1.54) is 0 Å². The first-order chi connectivity index (χ1) is 7.15. The lowest BCUT2D eigenvalue weighted by Crippen LogP contribution is -2.15. The Hall–Kier alpha value is -1.09. The summed E-state index contributed by atoms with van der Waals surface area (Å²) in [6, 6.07) is 2.04. The number of anilines is 1. The maximum absolute atomic E-state index is 5.88. The highest BCUT2D eigenvalue weighted by Crippen LogP contribution is 2.13. The van der Waals surface area contributed by atoms with Crippen LogP contribution in [0, 0.1) is 0 Å². The maximum atomic E-state index is 5.88. The van der Waals surface area contributed by atoms with E-state index in [1.54, 1.807) is 6.07 Å². The van der Waals surface area contributed by atoms with Gasteiger partial charge in [-0.25, -0.2) is 9.97 Å². The number of halogens is 1. The minimum absolute atomic E-state index is 0.304. The van der Waals surface area contributed by atoms with E-state index in [1.807, 2.05) is 13.0 Å². The van der Waals surface area contributed by atoms with Crippen LogP contribution in [0.25, 0.3) is 0 Å². The minimum Gasteiger partial charge on any atom is -0.367 e. The third-order valence-corrected chi connectivity index (χ3v) is 2.17. The van der Waals surface area contributed by atoms with Gasteiger partial charge in [-0.15, -0.1) is 6.58 Å². The topological polar surface area (TPSA) is 37.8 Å². The van der Waals surface area contributed by atoms with Crippen molar-refractivity contribution >= 4 is 17.4 Å². The molecule has 0 fully saturated rings. The molecule has 0 amide bonds. The van der Waals surface area contributed by atoms with Crippen LogP contribution in [-0.2, 0) is 6.42 Å². The number of hydrogen-bond acceptors (Lipinski definition) is 3. The van der Waals surface area contributed by atoms with Gasteiger partial charge in [0.15, 0.2) is 0 Å². The van der Waals surface area contributed by atoms with Crippen molar-refractivity contribution in [1.29, 1.82) is 0 Å². The van der Waals surface area contributed by atoms with Crippen LogP contribution in [-0.4, -0.2) is 16.0 Å². The summed E-state index contributed by atoms with van der Waals surface area (Å²) in [5, 5.41) is 3.73. The molecular formula is C11H16ClN3. The number of aryl methyl sites for hydroxylation is 1. The van der Waals surface area contributed by atoms with Crippen molar-refractivity contribution in [3.05, 3.63) is 29.7 Å². The van der Waals surface area contributed by atoms with Crippen LogP contribution in [0.5, 0.6) is 0 Å². The van der Waals surface area contributed by atoms with Crippen LogP contribution in [0.3, 0.4) is 0 Å². The zero-order chi connectivity index (χ0) is 11.3. The minimum atomic E-state index is 0.304. The monoisotopic (exact) mass is 225 g/mol. The molecule has 0 saturated carbocycles. The standard InChI is InChI=1S/C11H16ClN3/c1-4-6-8(3)13-11-7-9(12)14-10(5-2)15-11/h4,7-8H,1,5-6H2,2-3H3,(H,13,14,15). The second-order valence-corrected chi connectivity index (χ2v) is 3.80. The van der Waals surface area contributed by atoms with E-state index in [9.17, 15) is 0 Å². The molecule has 0 aromatic carbocycles. The van der Waals surface area contributed by atoms with Crippen molar-refractivity contribution in [2.24, 2.45) is 0 Å². The third-order valence-electron chi connectivity index (χ3n) is 1.97. The number of aromatic nitrogens is 2. The fourth-order valence-corrected chi connectivity index (χ4v) is 1.46. The van der Waals surface area contributed by atoms with Crippen molar-refractivity contribution in [3.8, 4) is 0 Å². The second-order valence-electron chi connectivity index (χ2n) is 3.42. The summed E-state index contributed by atoms with van der Waals surface area (Å²) in [6.07, 6.45) is 3.55. The first-order valence-electron chi connectivity index (χ1n) is 5.06. The van der Waals surface area contributed by atoms with Gasteiger partial charge in [0.25, 0.3) is 0 Å². The van der Waals surface area contributed by atoms with E-state index in [0.717, 1.165) is 24.5 Å². The molecule has 0 bridgehead atoms. The van der Waals surface area contributed by atoms with Crippen LogP contribution in [0.15, 0.2) is 18.7 Å². The summed E-state index contributed by atoms with van der Waals surface area (Å²) >= 11 is 5.88. The Bertz CT molecular complexity index is 339. The van der Waals surface area contributed by atoms with Gasteiger partial charge in [-0.05, 0) is 13.3 Å².